The summed E-state index contributed by atoms with van der Waals surface area (Å²) in [6, 6.07) is 11.3. The summed E-state index contributed by atoms with van der Waals surface area (Å²) in [4.78, 5) is 35.9. The van der Waals surface area contributed by atoms with Crippen LogP contribution in [0.5, 0.6) is 0 Å². The molecule has 2 amide bonds. The summed E-state index contributed by atoms with van der Waals surface area (Å²) in [5.41, 5.74) is 7.11. The lowest BCUT2D eigenvalue weighted by Gasteiger charge is -2.13. The second-order valence-electron chi connectivity index (χ2n) is 8.29. The SMILES string of the molecule is Cc1ccc(C)c(NC(=O)c2oc3c(c2C)/C(=N/NC(=O)c2cccc([N+](=O)[O-])c2)CCC3)c1. The zero-order chi connectivity index (χ0) is 24.4. The zero-order valence-corrected chi connectivity index (χ0v) is 19.1. The van der Waals surface area contributed by atoms with Gasteiger partial charge in [0.2, 0.25) is 0 Å². The van der Waals surface area contributed by atoms with Crippen LogP contribution in [0.2, 0.25) is 0 Å². The number of hydrazone groups is 1. The van der Waals surface area contributed by atoms with Crippen LogP contribution in [0, 0.1) is 30.9 Å². The van der Waals surface area contributed by atoms with Crippen molar-refractivity contribution in [1.29, 1.82) is 0 Å². The Morgan fingerprint density at radius 2 is 1.85 bits per heavy atom. The maximum Gasteiger partial charge on any atom is 0.291 e. The number of carbonyl (C=O) groups is 2. The Morgan fingerprint density at radius 3 is 2.62 bits per heavy atom. The second kappa shape index (κ2) is 9.30. The van der Waals surface area contributed by atoms with Crippen molar-refractivity contribution in [3.8, 4) is 0 Å². The predicted octanol–water partition coefficient (Wildman–Crippen LogP) is 4.84. The summed E-state index contributed by atoms with van der Waals surface area (Å²) in [6.07, 6.45) is 2.01. The highest BCUT2D eigenvalue weighted by molar-refractivity contribution is 6.09. The molecule has 1 heterocycles. The summed E-state index contributed by atoms with van der Waals surface area (Å²) in [6.45, 7) is 5.67. The molecule has 1 aromatic heterocycles. The first-order valence-corrected chi connectivity index (χ1v) is 10.9. The Hall–Kier alpha value is -4.27. The molecule has 2 N–H and O–H groups in total. The predicted molar refractivity (Wildman–Crippen MR) is 127 cm³/mol. The standard InChI is InChI=1S/C25H24N4O5/c1-14-10-11-15(2)20(12-14)26-25(31)23-16(3)22-19(8-5-9-21(22)34-23)27-28-24(30)17-6-4-7-18(13-17)29(32)33/h4,6-7,10-13H,5,8-9H2,1-3H3,(H,26,31)(H,28,30)/b27-19+. The number of non-ortho nitro benzene ring substituents is 1. The average Bonchev–Trinajstić information content (AvgIpc) is 3.17. The van der Waals surface area contributed by atoms with Gasteiger partial charge in [-0.1, -0.05) is 18.2 Å². The van der Waals surface area contributed by atoms with E-state index >= 15 is 0 Å². The highest BCUT2D eigenvalue weighted by Crippen LogP contribution is 2.30. The smallest absolute Gasteiger partial charge is 0.291 e. The van der Waals surface area contributed by atoms with Gasteiger partial charge in [-0.3, -0.25) is 19.7 Å². The molecular weight excluding hydrogens is 436 g/mol. The second-order valence-corrected chi connectivity index (χ2v) is 8.29. The first-order valence-electron chi connectivity index (χ1n) is 10.9. The van der Waals surface area contributed by atoms with Gasteiger partial charge in [-0.25, -0.2) is 5.43 Å². The fourth-order valence-corrected chi connectivity index (χ4v) is 3.99. The minimum absolute atomic E-state index is 0.132. The number of nitrogens with one attached hydrogen (secondary N) is 2. The molecule has 3 aromatic rings. The maximum atomic E-state index is 13.0. The number of aryl methyl sites for hydroxylation is 3. The van der Waals surface area contributed by atoms with Crippen molar-refractivity contribution in [3.05, 3.63) is 91.9 Å². The molecule has 0 saturated carbocycles. The molecular formula is C25H24N4O5. The third-order valence-electron chi connectivity index (χ3n) is 5.78. The van der Waals surface area contributed by atoms with Gasteiger partial charge in [0.1, 0.15) is 5.76 Å². The van der Waals surface area contributed by atoms with Gasteiger partial charge in [0.25, 0.3) is 17.5 Å². The first-order chi connectivity index (χ1) is 16.2. The Balaban J connectivity index is 1.57. The molecule has 0 unspecified atom stereocenters. The van der Waals surface area contributed by atoms with Gasteiger partial charge in [0, 0.05) is 40.9 Å². The minimum atomic E-state index is -0.560. The molecule has 1 aliphatic rings. The quantitative estimate of drug-likeness (QED) is 0.416. The van der Waals surface area contributed by atoms with E-state index in [1.54, 1.807) is 6.92 Å². The molecule has 1 aliphatic carbocycles. The van der Waals surface area contributed by atoms with E-state index in [-0.39, 0.29) is 22.9 Å². The number of nitro groups is 1. The third kappa shape index (κ3) is 4.59. The normalized spacial score (nSPS) is 13.9. The van der Waals surface area contributed by atoms with Crippen molar-refractivity contribution in [3.63, 3.8) is 0 Å². The fraction of sp³-hybridized carbons (Fsp3) is 0.240. The van der Waals surface area contributed by atoms with Crippen LogP contribution in [-0.4, -0.2) is 22.4 Å². The van der Waals surface area contributed by atoms with Crippen molar-refractivity contribution in [2.75, 3.05) is 5.32 Å². The topological polar surface area (TPSA) is 127 Å². The lowest BCUT2D eigenvalue weighted by atomic mass is 9.93. The molecule has 34 heavy (non-hydrogen) atoms. The number of nitrogens with zero attached hydrogens (tertiary/aromatic N) is 2. The van der Waals surface area contributed by atoms with E-state index in [2.05, 4.69) is 15.8 Å². The number of hydrogen-bond acceptors (Lipinski definition) is 6. The van der Waals surface area contributed by atoms with Crippen molar-refractivity contribution < 1.29 is 18.9 Å². The molecule has 9 heteroatoms. The van der Waals surface area contributed by atoms with Crippen LogP contribution in [-0.2, 0) is 6.42 Å². The van der Waals surface area contributed by atoms with Gasteiger partial charge in [0.15, 0.2) is 5.76 Å². The van der Waals surface area contributed by atoms with Crippen molar-refractivity contribution in [2.45, 2.75) is 40.0 Å². The van der Waals surface area contributed by atoms with Gasteiger partial charge in [-0.2, -0.15) is 5.10 Å². The minimum Gasteiger partial charge on any atom is -0.455 e. The molecule has 0 aliphatic heterocycles. The van der Waals surface area contributed by atoms with E-state index < -0.39 is 10.8 Å². The largest absolute Gasteiger partial charge is 0.455 e. The van der Waals surface area contributed by atoms with E-state index in [9.17, 15) is 19.7 Å². The molecule has 9 nitrogen and oxygen atoms in total. The Morgan fingerprint density at radius 1 is 1.06 bits per heavy atom. The first kappa shape index (κ1) is 22.9. The van der Waals surface area contributed by atoms with Crippen molar-refractivity contribution in [1.82, 2.24) is 5.43 Å². The van der Waals surface area contributed by atoms with Gasteiger partial charge in [0.05, 0.1) is 10.6 Å². The number of anilines is 1. The number of hydrogen-bond donors (Lipinski definition) is 2. The fourth-order valence-electron chi connectivity index (χ4n) is 3.99. The number of furan rings is 1. The summed E-state index contributed by atoms with van der Waals surface area (Å²) in [5, 5.41) is 18.2. The molecule has 0 bridgehead atoms. The molecule has 174 valence electrons. The van der Waals surface area contributed by atoms with Crippen LogP contribution in [0.1, 0.15) is 61.8 Å². The number of nitro benzene ring substituents is 1. The van der Waals surface area contributed by atoms with Crippen LogP contribution in [0.4, 0.5) is 11.4 Å². The Bertz CT molecular complexity index is 1340. The Labute approximate surface area is 196 Å². The number of benzene rings is 2. The lowest BCUT2D eigenvalue weighted by Crippen LogP contribution is -2.22. The monoisotopic (exact) mass is 460 g/mol. The number of rotatable bonds is 5. The van der Waals surface area contributed by atoms with Crippen LogP contribution >= 0.6 is 0 Å². The number of carbonyl (C=O) groups excluding carboxylic acids is 2. The molecule has 0 fully saturated rings. The average molecular weight is 460 g/mol. The van der Waals surface area contributed by atoms with Gasteiger partial charge in [-0.15, -0.1) is 0 Å². The van der Waals surface area contributed by atoms with Crippen molar-refractivity contribution in [2.24, 2.45) is 5.10 Å². The summed E-state index contributed by atoms with van der Waals surface area (Å²) in [7, 11) is 0. The van der Waals surface area contributed by atoms with Crippen LogP contribution in [0.25, 0.3) is 0 Å². The van der Waals surface area contributed by atoms with E-state index in [4.69, 9.17) is 4.42 Å². The van der Waals surface area contributed by atoms with Crippen LogP contribution in [0.3, 0.4) is 0 Å². The number of fused-ring (bicyclic) bond motifs is 1. The lowest BCUT2D eigenvalue weighted by molar-refractivity contribution is -0.384. The summed E-state index contributed by atoms with van der Waals surface area (Å²) in [5.74, 6) is -0.0401. The molecule has 0 saturated heterocycles. The molecule has 0 radical (unpaired) electrons. The Kier molecular flexibility index (Phi) is 6.27. The molecule has 2 aromatic carbocycles. The number of amides is 2. The molecule has 0 spiro atoms. The van der Waals surface area contributed by atoms with E-state index in [0.717, 1.165) is 28.8 Å². The van der Waals surface area contributed by atoms with Gasteiger partial charge < -0.3 is 9.73 Å². The molecule has 0 atom stereocenters. The van der Waals surface area contributed by atoms with E-state index in [0.29, 0.717) is 29.9 Å². The van der Waals surface area contributed by atoms with Gasteiger partial charge >= 0.3 is 0 Å². The molecule has 4 rings (SSSR count). The zero-order valence-electron chi connectivity index (χ0n) is 19.1. The van der Waals surface area contributed by atoms with Crippen molar-refractivity contribution >= 4 is 28.9 Å². The van der Waals surface area contributed by atoms with Crippen LogP contribution in [0.15, 0.2) is 52.0 Å². The summed E-state index contributed by atoms with van der Waals surface area (Å²) >= 11 is 0. The highest BCUT2D eigenvalue weighted by atomic mass is 16.6. The maximum absolute atomic E-state index is 13.0. The van der Waals surface area contributed by atoms with E-state index in [1.165, 1.54) is 24.3 Å². The van der Waals surface area contributed by atoms with E-state index in [1.807, 2.05) is 32.0 Å². The summed E-state index contributed by atoms with van der Waals surface area (Å²) < 4.78 is 5.92. The highest BCUT2D eigenvalue weighted by Gasteiger charge is 2.28. The van der Waals surface area contributed by atoms with Gasteiger partial charge in [-0.05, 0) is 56.9 Å². The third-order valence-corrected chi connectivity index (χ3v) is 5.78. The van der Waals surface area contributed by atoms with Crippen LogP contribution < -0.4 is 10.7 Å².